The first-order chi connectivity index (χ1) is 19.1. The van der Waals surface area contributed by atoms with E-state index in [0.29, 0.717) is 45.9 Å². The Morgan fingerprint density at radius 3 is 2.54 bits per heavy atom. The zero-order valence-electron chi connectivity index (χ0n) is 21.3. The predicted octanol–water partition coefficient (Wildman–Crippen LogP) is 6.33. The third kappa shape index (κ3) is 4.99. The number of nitrogens with one attached hydrogen (secondary N) is 3. The summed E-state index contributed by atoms with van der Waals surface area (Å²) < 4.78 is 6.33. The minimum absolute atomic E-state index is 0.214. The van der Waals surface area contributed by atoms with Crippen molar-refractivity contribution in [1.82, 2.24) is 0 Å². The van der Waals surface area contributed by atoms with Crippen LogP contribution in [0.1, 0.15) is 61.8 Å². The van der Waals surface area contributed by atoms with Crippen LogP contribution < -0.4 is 16.0 Å². The van der Waals surface area contributed by atoms with Gasteiger partial charge in [0.15, 0.2) is 0 Å². The van der Waals surface area contributed by atoms with Crippen LogP contribution in [-0.2, 0) is 24.2 Å². The summed E-state index contributed by atoms with van der Waals surface area (Å²) in [5, 5.41) is 9.30. The van der Waals surface area contributed by atoms with Crippen molar-refractivity contribution in [2.45, 2.75) is 32.2 Å². The zero-order chi connectivity index (χ0) is 26.8. The van der Waals surface area contributed by atoms with Crippen molar-refractivity contribution in [2.24, 2.45) is 0 Å². The summed E-state index contributed by atoms with van der Waals surface area (Å²) in [7, 11) is 0. The Morgan fingerprint density at radius 2 is 1.74 bits per heavy atom. The van der Waals surface area contributed by atoms with Crippen LogP contribution in [0.25, 0.3) is 11.6 Å². The van der Waals surface area contributed by atoms with Crippen LogP contribution in [0.3, 0.4) is 0 Å². The van der Waals surface area contributed by atoms with Gasteiger partial charge in [-0.3, -0.25) is 14.4 Å². The summed E-state index contributed by atoms with van der Waals surface area (Å²) in [4.78, 5) is 36.7. The summed E-state index contributed by atoms with van der Waals surface area (Å²) in [5.74, 6) is 1.17. The standard InChI is InChI=1S/C32H27N3O4/c36-19-20-10-12-21(13-11-20)31(37)34-23-14-15-28-25(16-23)26(32(38)35-28)17-30-27(18-33-22-6-2-1-3-7-22)24-8-4-5-9-29(24)39-30/h1-3,6-7,10-17,19,33H,4-5,8-9,18H2,(H,34,37)(H,35,38). The normalized spacial score (nSPS) is 14.9. The number of para-hydroxylation sites is 1. The smallest absolute Gasteiger partial charge is 0.256 e. The molecule has 39 heavy (non-hydrogen) atoms. The highest BCUT2D eigenvalue weighted by Gasteiger charge is 2.28. The van der Waals surface area contributed by atoms with E-state index in [2.05, 4.69) is 16.0 Å². The number of benzene rings is 3. The van der Waals surface area contributed by atoms with Crippen molar-refractivity contribution in [3.8, 4) is 0 Å². The van der Waals surface area contributed by atoms with E-state index in [1.807, 2.05) is 36.4 Å². The average Bonchev–Trinajstić information content (AvgIpc) is 3.48. The summed E-state index contributed by atoms with van der Waals surface area (Å²) in [6, 6.07) is 21.7. The molecule has 2 amide bonds. The van der Waals surface area contributed by atoms with E-state index >= 15 is 0 Å². The van der Waals surface area contributed by atoms with Gasteiger partial charge in [0.1, 0.15) is 17.8 Å². The second-order valence-corrected chi connectivity index (χ2v) is 9.74. The number of carbonyl (C=O) groups excluding carboxylic acids is 3. The number of anilines is 3. The van der Waals surface area contributed by atoms with Gasteiger partial charge in [-0.05, 0) is 73.4 Å². The van der Waals surface area contributed by atoms with Crippen molar-refractivity contribution in [3.63, 3.8) is 0 Å². The fourth-order valence-corrected chi connectivity index (χ4v) is 5.17. The van der Waals surface area contributed by atoms with Gasteiger partial charge in [0, 0.05) is 52.3 Å². The van der Waals surface area contributed by atoms with Crippen molar-refractivity contribution in [2.75, 3.05) is 16.0 Å². The van der Waals surface area contributed by atoms with Gasteiger partial charge >= 0.3 is 0 Å². The van der Waals surface area contributed by atoms with Crippen molar-refractivity contribution < 1.29 is 18.8 Å². The summed E-state index contributed by atoms with van der Waals surface area (Å²) in [6.45, 7) is 0.593. The fourth-order valence-electron chi connectivity index (χ4n) is 5.17. The van der Waals surface area contributed by atoms with Crippen LogP contribution in [0.5, 0.6) is 0 Å². The van der Waals surface area contributed by atoms with Crippen LogP contribution in [0, 0.1) is 0 Å². The van der Waals surface area contributed by atoms with Gasteiger partial charge in [0.05, 0.1) is 5.57 Å². The lowest BCUT2D eigenvalue weighted by Gasteiger charge is -2.12. The minimum Gasteiger partial charge on any atom is -0.461 e. The molecular formula is C32H27N3O4. The highest BCUT2D eigenvalue weighted by atomic mass is 16.3. The maximum Gasteiger partial charge on any atom is 0.256 e. The molecule has 1 aromatic heterocycles. The maximum absolute atomic E-state index is 13.0. The maximum atomic E-state index is 13.0. The molecule has 0 fully saturated rings. The number of aryl methyl sites for hydroxylation is 1. The minimum atomic E-state index is -0.303. The third-order valence-electron chi connectivity index (χ3n) is 7.20. The molecule has 3 aromatic carbocycles. The molecule has 0 saturated carbocycles. The Balaban J connectivity index is 1.30. The summed E-state index contributed by atoms with van der Waals surface area (Å²) in [6.07, 6.45) is 6.62. The molecule has 0 radical (unpaired) electrons. The predicted molar refractivity (Wildman–Crippen MR) is 152 cm³/mol. The van der Waals surface area contributed by atoms with Gasteiger partial charge in [-0.25, -0.2) is 0 Å². The SMILES string of the molecule is O=Cc1ccc(C(=O)Nc2ccc3c(c2)C(=Cc2oc4c(c2CNc2ccccc2)CCCC4)C(=O)N3)cc1. The van der Waals surface area contributed by atoms with Crippen LogP contribution in [0.2, 0.25) is 0 Å². The van der Waals surface area contributed by atoms with E-state index in [1.165, 1.54) is 5.56 Å². The van der Waals surface area contributed by atoms with E-state index in [0.717, 1.165) is 49.0 Å². The van der Waals surface area contributed by atoms with E-state index < -0.39 is 0 Å². The molecule has 1 aliphatic heterocycles. The summed E-state index contributed by atoms with van der Waals surface area (Å²) in [5.41, 5.74) is 6.69. The van der Waals surface area contributed by atoms with Crippen LogP contribution in [-0.4, -0.2) is 18.1 Å². The van der Waals surface area contributed by atoms with Gasteiger partial charge in [-0.15, -0.1) is 0 Å². The Hall–Kier alpha value is -4.91. The van der Waals surface area contributed by atoms with Crippen molar-refractivity contribution in [1.29, 1.82) is 0 Å². The second-order valence-electron chi connectivity index (χ2n) is 9.74. The molecule has 2 heterocycles. The number of hydrogen-bond donors (Lipinski definition) is 3. The molecule has 2 aliphatic rings. The molecular weight excluding hydrogens is 490 g/mol. The molecule has 6 rings (SSSR count). The van der Waals surface area contributed by atoms with E-state index in [4.69, 9.17) is 4.42 Å². The van der Waals surface area contributed by atoms with Gasteiger partial charge < -0.3 is 20.4 Å². The lowest BCUT2D eigenvalue weighted by molar-refractivity contribution is -0.110. The number of carbonyl (C=O) groups is 3. The van der Waals surface area contributed by atoms with Gasteiger partial charge in [-0.1, -0.05) is 30.3 Å². The number of rotatable bonds is 7. The number of aldehydes is 1. The van der Waals surface area contributed by atoms with Gasteiger partial charge in [-0.2, -0.15) is 0 Å². The van der Waals surface area contributed by atoms with E-state index in [9.17, 15) is 14.4 Å². The average molecular weight is 518 g/mol. The van der Waals surface area contributed by atoms with Crippen LogP contribution >= 0.6 is 0 Å². The number of fused-ring (bicyclic) bond motifs is 2. The molecule has 194 valence electrons. The monoisotopic (exact) mass is 517 g/mol. The number of furan rings is 1. The molecule has 0 spiro atoms. The topological polar surface area (TPSA) is 100 Å². The molecule has 0 saturated heterocycles. The quantitative estimate of drug-likeness (QED) is 0.197. The second kappa shape index (κ2) is 10.5. The van der Waals surface area contributed by atoms with Crippen molar-refractivity contribution >= 4 is 46.8 Å². The van der Waals surface area contributed by atoms with Crippen LogP contribution in [0.15, 0.2) is 77.2 Å². The molecule has 7 heteroatoms. The first-order valence-electron chi connectivity index (χ1n) is 13.1. The Bertz CT molecular complexity index is 1600. The first-order valence-corrected chi connectivity index (χ1v) is 13.1. The van der Waals surface area contributed by atoms with Gasteiger partial charge in [0.25, 0.3) is 11.8 Å². The van der Waals surface area contributed by atoms with Gasteiger partial charge in [0.2, 0.25) is 0 Å². The molecule has 0 bridgehead atoms. The third-order valence-corrected chi connectivity index (χ3v) is 7.20. The fraction of sp³-hybridized carbons (Fsp3) is 0.156. The largest absolute Gasteiger partial charge is 0.461 e. The Kier molecular flexibility index (Phi) is 6.55. The molecule has 0 unspecified atom stereocenters. The molecule has 1 aliphatic carbocycles. The lowest BCUT2D eigenvalue weighted by atomic mass is 9.94. The first kappa shape index (κ1) is 24.4. The molecule has 3 N–H and O–H groups in total. The van der Waals surface area contributed by atoms with Crippen molar-refractivity contribution in [3.05, 3.63) is 112 Å². The lowest BCUT2D eigenvalue weighted by Crippen LogP contribution is -2.11. The van der Waals surface area contributed by atoms with Crippen LogP contribution in [0.4, 0.5) is 17.1 Å². The molecule has 0 atom stereocenters. The van der Waals surface area contributed by atoms with E-state index in [-0.39, 0.29) is 11.8 Å². The Morgan fingerprint density at radius 1 is 0.949 bits per heavy atom. The Labute approximate surface area is 225 Å². The van der Waals surface area contributed by atoms with E-state index in [1.54, 1.807) is 42.5 Å². The number of amides is 2. The molecule has 4 aromatic rings. The highest BCUT2D eigenvalue weighted by molar-refractivity contribution is 6.35. The molecule has 7 nitrogen and oxygen atoms in total. The summed E-state index contributed by atoms with van der Waals surface area (Å²) >= 11 is 0. The highest BCUT2D eigenvalue weighted by Crippen LogP contribution is 2.38. The zero-order valence-corrected chi connectivity index (χ0v) is 21.3. The number of hydrogen-bond acceptors (Lipinski definition) is 5.